The van der Waals surface area contributed by atoms with E-state index in [-0.39, 0.29) is 11.9 Å². The molecule has 1 amide bonds. The van der Waals surface area contributed by atoms with Crippen LogP contribution in [0.5, 0.6) is 0 Å². The SMILES string of the molecule is Cc1cnn(C(C)C(=O)Nc2ccccc2CN)c1. The van der Waals surface area contributed by atoms with E-state index >= 15 is 0 Å². The fourth-order valence-corrected chi connectivity index (χ4v) is 1.82. The molecule has 0 saturated heterocycles. The van der Waals surface area contributed by atoms with Crippen LogP contribution < -0.4 is 11.1 Å². The zero-order valence-electron chi connectivity index (χ0n) is 11.1. The lowest BCUT2D eigenvalue weighted by Gasteiger charge is -2.14. The predicted molar refractivity (Wildman–Crippen MR) is 74.6 cm³/mol. The van der Waals surface area contributed by atoms with E-state index in [0.717, 1.165) is 16.8 Å². The van der Waals surface area contributed by atoms with Gasteiger partial charge in [0.1, 0.15) is 6.04 Å². The van der Waals surface area contributed by atoms with Crippen molar-refractivity contribution >= 4 is 11.6 Å². The second-order valence-electron chi connectivity index (χ2n) is 4.52. The molecule has 5 heteroatoms. The summed E-state index contributed by atoms with van der Waals surface area (Å²) in [5.74, 6) is -0.107. The average molecular weight is 258 g/mol. The Balaban J connectivity index is 2.12. The van der Waals surface area contributed by atoms with E-state index in [2.05, 4.69) is 10.4 Å². The maximum absolute atomic E-state index is 12.2. The first-order valence-corrected chi connectivity index (χ1v) is 6.21. The van der Waals surface area contributed by atoms with Crippen LogP contribution in [0, 0.1) is 6.92 Å². The number of benzene rings is 1. The number of carbonyl (C=O) groups is 1. The number of anilines is 1. The van der Waals surface area contributed by atoms with Crippen LogP contribution >= 0.6 is 0 Å². The van der Waals surface area contributed by atoms with Gasteiger partial charge in [0.15, 0.2) is 0 Å². The van der Waals surface area contributed by atoms with Crippen molar-refractivity contribution in [1.82, 2.24) is 9.78 Å². The highest BCUT2D eigenvalue weighted by Gasteiger charge is 2.16. The van der Waals surface area contributed by atoms with Crippen molar-refractivity contribution in [2.75, 3.05) is 5.32 Å². The minimum Gasteiger partial charge on any atom is -0.326 e. The van der Waals surface area contributed by atoms with Gasteiger partial charge in [0.25, 0.3) is 0 Å². The van der Waals surface area contributed by atoms with Crippen LogP contribution in [-0.4, -0.2) is 15.7 Å². The molecule has 5 nitrogen and oxygen atoms in total. The topological polar surface area (TPSA) is 72.9 Å². The summed E-state index contributed by atoms with van der Waals surface area (Å²) in [6, 6.07) is 7.16. The van der Waals surface area contributed by atoms with Gasteiger partial charge in [0, 0.05) is 18.4 Å². The van der Waals surface area contributed by atoms with Gasteiger partial charge in [-0.25, -0.2) is 0 Å². The lowest BCUT2D eigenvalue weighted by atomic mass is 10.1. The first kappa shape index (κ1) is 13.3. The Kier molecular flexibility index (Phi) is 3.97. The van der Waals surface area contributed by atoms with Crippen molar-refractivity contribution < 1.29 is 4.79 Å². The second kappa shape index (κ2) is 5.67. The van der Waals surface area contributed by atoms with Gasteiger partial charge in [-0.2, -0.15) is 5.10 Å². The fourth-order valence-electron chi connectivity index (χ4n) is 1.82. The number of aryl methyl sites for hydroxylation is 1. The van der Waals surface area contributed by atoms with Crippen LogP contribution in [-0.2, 0) is 11.3 Å². The van der Waals surface area contributed by atoms with Gasteiger partial charge < -0.3 is 11.1 Å². The molecular formula is C14H18N4O. The van der Waals surface area contributed by atoms with Crippen molar-refractivity contribution in [3.8, 4) is 0 Å². The average Bonchev–Trinajstić information content (AvgIpc) is 2.85. The number of nitrogens with zero attached hydrogens (tertiary/aromatic N) is 2. The van der Waals surface area contributed by atoms with Gasteiger partial charge in [-0.05, 0) is 31.0 Å². The molecule has 1 atom stereocenters. The molecule has 0 aliphatic carbocycles. The molecule has 0 aliphatic rings. The Morgan fingerprint density at radius 3 is 2.84 bits per heavy atom. The lowest BCUT2D eigenvalue weighted by Crippen LogP contribution is -2.24. The first-order valence-electron chi connectivity index (χ1n) is 6.21. The Hall–Kier alpha value is -2.14. The number of aromatic nitrogens is 2. The smallest absolute Gasteiger partial charge is 0.248 e. The van der Waals surface area contributed by atoms with Crippen LogP contribution in [0.25, 0.3) is 0 Å². The van der Waals surface area contributed by atoms with Crippen molar-refractivity contribution in [2.45, 2.75) is 26.4 Å². The maximum atomic E-state index is 12.2. The van der Waals surface area contributed by atoms with E-state index in [4.69, 9.17) is 5.73 Å². The minimum absolute atomic E-state index is 0.107. The predicted octanol–water partition coefficient (Wildman–Crippen LogP) is 1.85. The van der Waals surface area contributed by atoms with Crippen LogP contribution in [0.1, 0.15) is 24.1 Å². The lowest BCUT2D eigenvalue weighted by molar-refractivity contribution is -0.119. The summed E-state index contributed by atoms with van der Waals surface area (Å²) in [6.07, 6.45) is 3.58. The van der Waals surface area contributed by atoms with Crippen LogP contribution in [0.4, 0.5) is 5.69 Å². The van der Waals surface area contributed by atoms with Crippen molar-refractivity contribution in [3.63, 3.8) is 0 Å². The normalized spacial score (nSPS) is 12.2. The molecule has 1 aromatic carbocycles. The van der Waals surface area contributed by atoms with Gasteiger partial charge in [-0.15, -0.1) is 0 Å². The number of para-hydroxylation sites is 1. The number of carbonyl (C=O) groups excluding carboxylic acids is 1. The number of hydrogen-bond donors (Lipinski definition) is 2. The van der Waals surface area contributed by atoms with Gasteiger partial charge in [0.05, 0.1) is 6.20 Å². The molecule has 0 radical (unpaired) electrons. The van der Waals surface area contributed by atoms with Crippen LogP contribution in [0.15, 0.2) is 36.7 Å². The molecule has 0 fully saturated rings. The molecule has 1 unspecified atom stereocenters. The van der Waals surface area contributed by atoms with Crippen molar-refractivity contribution in [2.24, 2.45) is 5.73 Å². The number of hydrogen-bond acceptors (Lipinski definition) is 3. The molecule has 0 saturated carbocycles. The highest BCUT2D eigenvalue weighted by Crippen LogP contribution is 2.16. The zero-order chi connectivity index (χ0) is 13.8. The third-order valence-corrected chi connectivity index (χ3v) is 3.00. The molecule has 3 N–H and O–H groups in total. The molecule has 0 bridgehead atoms. The summed E-state index contributed by atoms with van der Waals surface area (Å²) in [5, 5.41) is 7.04. The van der Waals surface area contributed by atoms with E-state index in [9.17, 15) is 4.79 Å². The molecular weight excluding hydrogens is 240 g/mol. The summed E-state index contributed by atoms with van der Waals surface area (Å²) >= 11 is 0. The quantitative estimate of drug-likeness (QED) is 0.879. The van der Waals surface area contributed by atoms with E-state index in [0.29, 0.717) is 6.54 Å². The summed E-state index contributed by atoms with van der Waals surface area (Å²) in [5.41, 5.74) is 8.35. The Labute approximate surface area is 112 Å². The highest BCUT2D eigenvalue weighted by molar-refractivity contribution is 5.94. The first-order chi connectivity index (χ1) is 9.11. The third kappa shape index (κ3) is 3.00. The molecule has 100 valence electrons. The summed E-state index contributed by atoms with van der Waals surface area (Å²) in [7, 11) is 0. The largest absolute Gasteiger partial charge is 0.326 e. The number of rotatable bonds is 4. The Morgan fingerprint density at radius 2 is 2.21 bits per heavy atom. The zero-order valence-corrected chi connectivity index (χ0v) is 11.1. The van der Waals surface area contributed by atoms with Crippen LogP contribution in [0.2, 0.25) is 0 Å². The summed E-state index contributed by atoms with van der Waals surface area (Å²) in [6.45, 7) is 4.15. The summed E-state index contributed by atoms with van der Waals surface area (Å²) in [4.78, 5) is 12.2. The van der Waals surface area contributed by atoms with Crippen molar-refractivity contribution in [1.29, 1.82) is 0 Å². The molecule has 1 heterocycles. The standard InChI is InChI=1S/C14H18N4O/c1-10-8-16-18(9-10)11(2)14(19)17-13-6-4-3-5-12(13)7-15/h3-6,8-9,11H,7,15H2,1-2H3,(H,17,19). The van der Waals surface area contributed by atoms with E-state index in [1.54, 1.807) is 10.9 Å². The number of nitrogens with one attached hydrogen (secondary N) is 1. The van der Waals surface area contributed by atoms with E-state index in [1.807, 2.05) is 44.3 Å². The monoisotopic (exact) mass is 258 g/mol. The molecule has 2 aromatic rings. The molecule has 0 aliphatic heterocycles. The van der Waals surface area contributed by atoms with Gasteiger partial charge in [-0.3, -0.25) is 9.48 Å². The number of nitrogens with two attached hydrogens (primary N) is 1. The van der Waals surface area contributed by atoms with Gasteiger partial charge >= 0.3 is 0 Å². The maximum Gasteiger partial charge on any atom is 0.248 e. The summed E-state index contributed by atoms with van der Waals surface area (Å²) < 4.78 is 1.65. The van der Waals surface area contributed by atoms with Crippen molar-refractivity contribution in [3.05, 3.63) is 47.8 Å². The molecule has 1 aromatic heterocycles. The highest BCUT2D eigenvalue weighted by atomic mass is 16.2. The van der Waals surface area contributed by atoms with E-state index < -0.39 is 0 Å². The fraction of sp³-hybridized carbons (Fsp3) is 0.286. The minimum atomic E-state index is -0.362. The van der Waals surface area contributed by atoms with E-state index in [1.165, 1.54) is 0 Å². The molecule has 0 spiro atoms. The second-order valence-corrected chi connectivity index (χ2v) is 4.52. The molecule has 2 rings (SSSR count). The van der Waals surface area contributed by atoms with Gasteiger partial charge in [-0.1, -0.05) is 18.2 Å². The van der Waals surface area contributed by atoms with Crippen LogP contribution in [0.3, 0.4) is 0 Å². The third-order valence-electron chi connectivity index (χ3n) is 3.00. The Bertz CT molecular complexity index is 576. The molecule has 19 heavy (non-hydrogen) atoms. The Morgan fingerprint density at radius 1 is 1.47 bits per heavy atom. The number of amides is 1. The van der Waals surface area contributed by atoms with Gasteiger partial charge in [0.2, 0.25) is 5.91 Å².